The minimum Gasteiger partial charge on any atom is -0.351 e. The van der Waals surface area contributed by atoms with E-state index in [0.29, 0.717) is 37.9 Å². The number of carbonyl (C=O) groups is 2. The molecule has 8 nitrogen and oxygen atoms in total. The zero-order valence-electron chi connectivity index (χ0n) is 15.8. The Morgan fingerprint density at radius 2 is 1.79 bits per heavy atom. The predicted octanol–water partition coefficient (Wildman–Crippen LogP) is -0.0932. The smallest absolute Gasteiger partial charge is 0.270 e. The summed E-state index contributed by atoms with van der Waals surface area (Å²) in [5.74, 6) is 0.425. The van der Waals surface area contributed by atoms with Gasteiger partial charge in [-0.2, -0.15) is 0 Å². The molecule has 3 saturated heterocycles. The highest BCUT2D eigenvalue weighted by molar-refractivity contribution is 5.98. The zero-order valence-corrected chi connectivity index (χ0v) is 15.8. The fraction of sp³-hybridized carbons (Fsp3) is 0.500. The Balaban J connectivity index is 1.21. The van der Waals surface area contributed by atoms with Crippen LogP contribution >= 0.6 is 0 Å². The lowest BCUT2D eigenvalue weighted by molar-refractivity contribution is -0.135. The topological polar surface area (TPSA) is 92.5 Å². The molecule has 3 aliphatic heterocycles. The van der Waals surface area contributed by atoms with Crippen molar-refractivity contribution in [1.29, 1.82) is 0 Å². The molecule has 8 heteroatoms. The fourth-order valence-corrected chi connectivity index (χ4v) is 4.65. The van der Waals surface area contributed by atoms with Gasteiger partial charge in [-0.15, -0.1) is 0 Å². The minimum atomic E-state index is -0.186. The Bertz CT molecular complexity index is 855. The van der Waals surface area contributed by atoms with Gasteiger partial charge in [-0.1, -0.05) is 18.2 Å². The third kappa shape index (κ3) is 3.07. The molecule has 3 aliphatic rings. The SMILES string of the molecule is O=C(c1cc2ccccc2[nH]1)N1CCN(C(=O)C2NNC3CCNCC32)CC1. The number of rotatable bonds is 2. The first-order chi connectivity index (χ1) is 13.7. The van der Waals surface area contributed by atoms with Crippen molar-refractivity contribution in [3.8, 4) is 0 Å². The molecule has 5 rings (SSSR count). The Hall–Kier alpha value is -2.42. The summed E-state index contributed by atoms with van der Waals surface area (Å²) in [6.45, 7) is 4.13. The van der Waals surface area contributed by atoms with Crippen LogP contribution in [0.25, 0.3) is 10.9 Å². The molecule has 2 amide bonds. The van der Waals surface area contributed by atoms with Crippen molar-refractivity contribution < 1.29 is 9.59 Å². The number of hydrogen-bond acceptors (Lipinski definition) is 5. The maximum Gasteiger partial charge on any atom is 0.270 e. The van der Waals surface area contributed by atoms with Gasteiger partial charge in [0.1, 0.15) is 11.7 Å². The number of hydrazine groups is 1. The van der Waals surface area contributed by atoms with Crippen LogP contribution in [0.2, 0.25) is 0 Å². The number of H-pyrrole nitrogens is 1. The maximum atomic E-state index is 13.0. The van der Waals surface area contributed by atoms with Crippen molar-refractivity contribution in [2.75, 3.05) is 39.3 Å². The van der Waals surface area contributed by atoms with Gasteiger partial charge in [0.2, 0.25) is 5.91 Å². The minimum absolute atomic E-state index is 0.000464. The second-order valence-electron chi connectivity index (χ2n) is 7.92. The zero-order chi connectivity index (χ0) is 19.1. The molecule has 4 N–H and O–H groups in total. The molecule has 0 saturated carbocycles. The summed E-state index contributed by atoms with van der Waals surface area (Å²) < 4.78 is 0. The summed E-state index contributed by atoms with van der Waals surface area (Å²) in [4.78, 5) is 32.8. The fourth-order valence-electron chi connectivity index (χ4n) is 4.65. The van der Waals surface area contributed by atoms with Crippen molar-refractivity contribution in [1.82, 2.24) is 31.0 Å². The molecule has 1 aromatic carbocycles. The van der Waals surface area contributed by atoms with Crippen LogP contribution in [0.15, 0.2) is 30.3 Å². The second kappa shape index (κ2) is 7.20. The van der Waals surface area contributed by atoms with Crippen LogP contribution in [-0.2, 0) is 4.79 Å². The van der Waals surface area contributed by atoms with Gasteiger partial charge in [-0.25, -0.2) is 5.43 Å². The van der Waals surface area contributed by atoms with Gasteiger partial charge in [-0.3, -0.25) is 15.0 Å². The van der Waals surface area contributed by atoms with Gasteiger partial charge in [-0.05, 0) is 25.1 Å². The molecule has 28 heavy (non-hydrogen) atoms. The highest BCUT2D eigenvalue weighted by Gasteiger charge is 2.43. The average molecular weight is 382 g/mol. The van der Waals surface area contributed by atoms with E-state index in [4.69, 9.17) is 0 Å². The van der Waals surface area contributed by atoms with Gasteiger partial charge < -0.3 is 20.1 Å². The summed E-state index contributed by atoms with van der Waals surface area (Å²) in [7, 11) is 0. The summed E-state index contributed by atoms with van der Waals surface area (Å²) >= 11 is 0. The van der Waals surface area contributed by atoms with Crippen molar-refractivity contribution in [3.63, 3.8) is 0 Å². The number of carbonyl (C=O) groups excluding carboxylic acids is 2. The number of benzene rings is 1. The monoisotopic (exact) mass is 382 g/mol. The Labute approximate surface area is 163 Å². The summed E-state index contributed by atoms with van der Waals surface area (Å²) in [6, 6.07) is 9.96. The van der Waals surface area contributed by atoms with Gasteiger partial charge in [0.15, 0.2) is 0 Å². The van der Waals surface area contributed by atoms with Crippen LogP contribution < -0.4 is 16.2 Å². The lowest BCUT2D eigenvalue weighted by atomic mass is 9.89. The van der Waals surface area contributed by atoms with Gasteiger partial charge >= 0.3 is 0 Å². The Kier molecular flexibility index (Phi) is 4.54. The molecular formula is C20H26N6O2. The van der Waals surface area contributed by atoms with Gasteiger partial charge in [0.25, 0.3) is 5.91 Å². The van der Waals surface area contributed by atoms with E-state index in [-0.39, 0.29) is 23.8 Å². The van der Waals surface area contributed by atoms with Crippen molar-refractivity contribution >= 4 is 22.7 Å². The molecule has 0 bridgehead atoms. The van der Waals surface area contributed by atoms with Crippen LogP contribution in [0.3, 0.4) is 0 Å². The molecule has 1 aromatic heterocycles. The lowest BCUT2D eigenvalue weighted by Gasteiger charge is -2.37. The first kappa shape index (κ1) is 17.7. The molecule has 0 aliphatic carbocycles. The second-order valence-corrected chi connectivity index (χ2v) is 7.92. The number of aromatic nitrogens is 1. The average Bonchev–Trinajstić information content (AvgIpc) is 3.37. The maximum absolute atomic E-state index is 13.0. The number of hydrogen-bond donors (Lipinski definition) is 4. The van der Waals surface area contributed by atoms with Gasteiger partial charge in [0.05, 0.1) is 0 Å². The Morgan fingerprint density at radius 1 is 1.00 bits per heavy atom. The number of piperazine rings is 1. The molecule has 148 valence electrons. The van der Waals surface area contributed by atoms with Crippen molar-refractivity contribution in [3.05, 3.63) is 36.0 Å². The van der Waals surface area contributed by atoms with E-state index in [2.05, 4.69) is 21.2 Å². The first-order valence-corrected chi connectivity index (χ1v) is 10.1. The van der Waals surface area contributed by atoms with Crippen LogP contribution in [0, 0.1) is 5.92 Å². The number of nitrogens with zero attached hydrogens (tertiary/aromatic N) is 2. The van der Waals surface area contributed by atoms with E-state index in [1.807, 2.05) is 40.1 Å². The highest BCUT2D eigenvalue weighted by Crippen LogP contribution is 2.22. The summed E-state index contributed by atoms with van der Waals surface area (Å²) in [6.07, 6.45) is 1.04. The summed E-state index contributed by atoms with van der Waals surface area (Å²) in [5, 5.41) is 4.43. The molecule has 3 unspecified atom stereocenters. The molecule has 2 aromatic rings. The Morgan fingerprint density at radius 3 is 2.61 bits per heavy atom. The quantitative estimate of drug-likeness (QED) is 0.583. The molecule has 3 atom stereocenters. The van der Waals surface area contributed by atoms with E-state index >= 15 is 0 Å². The van der Waals surface area contributed by atoms with Crippen LogP contribution in [-0.4, -0.2) is 78.0 Å². The number of para-hydroxylation sites is 1. The molecule has 4 heterocycles. The van der Waals surface area contributed by atoms with E-state index in [1.54, 1.807) is 0 Å². The highest BCUT2D eigenvalue weighted by atomic mass is 16.2. The molecule has 0 spiro atoms. The number of fused-ring (bicyclic) bond motifs is 2. The van der Waals surface area contributed by atoms with E-state index in [9.17, 15) is 9.59 Å². The standard InChI is InChI=1S/C20H26N6O2/c27-19(17-11-13-3-1-2-4-15(13)22-17)25-7-9-26(10-8-25)20(28)18-14-12-21-6-5-16(14)23-24-18/h1-4,11,14,16,18,21-24H,5-10,12H2. The van der Waals surface area contributed by atoms with E-state index < -0.39 is 0 Å². The van der Waals surface area contributed by atoms with Crippen molar-refractivity contribution in [2.45, 2.75) is 18.5 Å². The van der Waals surface area contributed by atoms with Crippen LogP contribution in [0.1, 0.15) is 16.9 Å². The number of nitrogens with one attached hydrogen (secondary N) is 4. The van der Waals surface area contributed by atoms with Crippen LogP contribution in [0.4, 0.5) is 0 Å². The first-order valence-electron chi connectivity index (χ1n) is 10.1. The summed E-state index contributed by atoms with van der Waals surface area (Å²) in [5.41, 5.74) is 8.06. The third-order valence-corrected chi connectivity index (χ3v) is 6.29. The normalized spacial score (nSPS) is 27.8. The third-order valence-electron chi connectivity index (χ3n) is 6.29. The van der Waals surface area contributed by atoms with Crippen LogP contribution in [0.5, 0.6) is 0 Å². The molecule has 0 radical (unpaired) electrons. The lowest BCUT2D eigenvalue weighted by Crippen LogP contribution is -2.56. The number of piperidine rings is 1. The molecular weight excluding hydrogens is 356 g/mol. The van der Waals surface area contributed by atoms with Crippen molar-refractivity contribution in [2.24, 2.45) is 5.92 Å². The van der Waals surface area contributed by atoms with E-state index in [0.717, 1.165) is 30.4 Å². The number of aromatic amines is 1. The van der Waals surface area contributed by atoms with E-state index in [1.165, 1.54) is 0 Å². The number of amides is 2. The largest absolute Gasteiger partial charge is 0.351 e. The van der Waals surface area contributed by atoms with Gasteiger partial charge in [0, 0.05) is 55.6 Å². The predicted molar refractivity (Wildman–Crippen MR) is 106 cm³/mol. The molecule has 3 fully saturated rings.